The SMILES string of the molecule is CCC(C)CNC(CO)c1ccc(Cl)cc1. The number of hydrogen-bond acceptors (Lipinski definition) is 2. The van der Waals surface area contributed by atoms with Gasteiger partial charge in [0.15, 0.2) is 0 Å². The Kier molecular flexibility index (Phi) is 5.81. The minimum Gasteiger partial charge on any atom is -0.394 e. The lowest BCUT2D eigenvalue weighted by molar-refractivity contribution is 0.239. The second-order valence-corrected chi connectivity index (χ2v) is 4.64. The molecule has 2 atom stereocenters. The quantitative estimate of drug-likeness (QED) is 0.803. The van der Waals surface area contributed by atoms with Crippen molar-refractivity contribution in [2.24, 2.45) is 5.92 Å². The van der Waals surface area contributed by atoms with Gasteiger partial charge in [-0.3, -0.25) is 0 Å². The fourth-order valence-corrected chi connectivity index (χ4v) is 1.60. The van der Waals surface area contributed by atoms with Gasteiger partial charge in [-0.25, -0.2) is 0 Å². The van der Waals surface area contributed by atoms with E-state index in [9.17, 15) is 5.11 Å². The van der Waals surface area contributed by atoms with E-state index in [1.54, 1.807) is 0 Å². The average Bonchev–Trinajstić information content (AvgIpc) is 2.31. The van der Waals surface area contributed by atoms with E-state index < -0.39 is 0 Å². The zero-order valence-electron chi connectivity index (χ0n) is 9.91. The molecule has 0 saturated heterocycles. The Morgan fingerprint density at radius 1 is 1.31 bits per heavy atom. The molecule has 0 radical (unpaired) electrons. The molecule has 0 aromatic heterocycles. The molecule has 1 aromatic rings. The third kappa shape index (κ3) is 4.12. The first kappa shape index (κ1) is 13.5. The van der Waals surface area contributed by atoms with Crippen LogP contribution in [0.15, 0.2) is 24.3 Å². The van der Waals surface area contributed by atoms with E-state index in [1.807, 2.05) is 24.3 Å². The van der Waals surface area contributed by atoms with Crippen LogP contribution in [0.2, 0.25) is 5.02 Å². The lowest BCUT2D eigenvalue weighted by Gasteiger charge is -2.19. The number of rotatable bonds is 6. The summed E-state index contributed by atoms with van der Waals surface area (Å²) in [6.07, 6.45) is 1.14. The Hall–Kier alpha value is -0.570. The van der Waals surface area contributed by atoms with Gasteiger partial charge in [0.1, 0.15) is 0 Å². The minimum absolute atomic E-state index is 0.00580. The monoisotopic (exact) mass is 241 g/mol. The summed E-state index contributed by atoms with van der Waals surface area (Å²) in [5, 5.41) is 13.4. The first-order chi connectivity index (χ1) is 7.67. The van der Waals surface area contributed by atoms with E-state index in [0.717, 1.165) is 23.6 Å². The molecule has 0 spiro atoms. The van der Waals surface area contributed by atoms with Crippen molar-refractivity contribution in [3.63, 3.8) is 0 Å². The van der Waals surface area contributed by atoms with E-state index in [0.29, 0.717) is 5.92 Å². The van der Waals surface area contributed by atoms with Crippen molar-refractivity contribution >= 4 is 11.6 Å². The van der Waals surface area contributed by atoms with Crippen molar-refractivity contribution in [3.8, 4) is 0 Å². The van der Waals surface area contributed by atoms with Gasteiger partial charge < -0.3 is 10.4 Å². The predicted octanol–water partition coefficient (Wildman–Crippen LogP) is 3.01. The van der Waals surface area contributed by atoms with Crippen molar-refractivity contribution < 1.29 is 5.11 Å². The van der Waals surface area contributed by atoms with Crippen molar-refractivity contribution in [2.45, 2.75) is 26.3 Å². The molecule has 16 heavy (non-hydrogen) atoms. The molecule has 0 saturated carbocycles. The number of aliphatic hydroxyl groups excluding tert-OH is 1. The fraction of sp³-hybridized carbons (Fsp3) is 0.538. The molecule has 2 unspecified atom stereocenters. The molecule has 0 aliphatic carbocycles. The van der Waals surface area contributed by atoms with Crippen molar-refractivity contribution in [1.29, 1.82) is 0 Å². The second kappa shape index (κ2) is 6.89. The van der Waals surface area contributed by atoms with Crippen LogP contribution in [0.25, 0.3) is 0 Å². The van der Waals surface area contributed by atoms with Gasteiger partial charge in [-0.15, -0.1) is 0 Å². The second-order valence-electron chi connectivity index (χ2n) is 4.21. The highest BCUT2D eigenvalue weighted by atomic mass is 35.5. The van der Waals surface area contributed by atoms with Crippen LogP contribution in [0.4, 0.5) is 0 Å². The Labute approximate surface area is 103 Å². The molecule has 2 N–H and O–H groups in total. The summed E-state index contributed by atoms with van der Waals surface area (Å²) in [5.74, 6) is 0.626. The van der Waals surface area contributed by atoms with Gasteiger partial charge in [0.25, 0.3) is 0 Å². The maximum absolute atomic E-state index is 9.34. The van der Waals surface area contributed by atoms with E-state index in [4.69, 9.17) is 11.6 Å². The lowest BCUT2D eigenvalue weighted by atomic mass is 10.1. The first-order valence-electron chi connectivity index (χ1n) is 5.77. The number of hydrogen-bond donors (Lipinski definition) is 2. The fourth-order valence-electron chi connectivity index (χ4n) is 1.47. The summed E-state index contributed by atoms with van der Waals surface area (Å²) in [4.78, 5) is 0. The standard InChI is InChI=1S/C13H20ClNO/c1-3-10(2)8-15-13(9-16)11-4-6-12(14)7-5-11/h4-7,10,13,15-16H,3,8-9H2,1-2H3. The largest absolute Gasteiger partial charge is 0.394 e. The molecular weight excluding hydrogens is 222 g/mol. The average molecular weight is 242 g/mol. The topological polar surface area (TPSA) is 32.3 Å². The van der Waals surface area contributed by atoms with Gasteiger partial charge in [0, 0.05) is 5.02 Å². The van der Waals surface area contributed by atoms with Crippen LogP contribution in [-0.2, 0) is 0 Å². The normalized spacial score (nSPS) is 14.8. The molecular formula is C13H20ClNO. The molecule has 1 rings (SSSR count). The predicted molar refractivity (Wildman–Crippen MR) is 68.7 cm³/mol. The molecule has 90 valence electrons. The van der Waals surface area contributed by atoms with Crippen molar-refractivity contribution in [2.75, 3.05) is 13.2 Å². The third-order valence-corrected chi connectivity index (χ3v) is 3.12. The highest BCUT2D eigenvalue weighted by molar-refractivity contribution is 6.30. The molecule has 0 heterocycles. The Balaban J connectivity index is 2.57. The molecule has 2 nitrogen and oxygen atoms in total. The highest BCUT2D eigenvalue weighted by Crippen LogP contribution is 2.16. The van der Waals surface area contributed by atoms with E-state index >= 15 is 0 Å². The maximum Gasteiger partial charge on any atom is 0.0626 e. The van der Waals surface area contributed by atoms with Gasteiger partial charge in [-0.1, -0.05) is 44.0 Å². The Morgan fingerprint density at radius 3 is 2.44 bits per heavy atom. The van der Waals surface area contributed by atoms with Crippen molar-refractivity contribution in [1.82, 2.24) is 5.32 Å². The van der Waals surface area contributed by atoms with Crippen LogP contribution in [0.1, 0.15) is 31.9 Å². The summed E-state index contributed by atoms with van der Waals surface area (Å²) in [7, 11) is 0. The summed E-state index contributed by atoms with van der Waals surface area (Å²) >= 11 is 5.83. The summed E-state index contributed by atoms with van der Waals surface area (Å²) in [6, 6.07) is 7.61. The zero-order chi connectivity index (χ0) is 12.0. The smallest absolute Gasteiger partial charge is 0.0626 e. The van der Waals surface area contributed by atoms with Crippen LogP contribution in [0.3, 0.4) is 0 Å². The van der Waals surface area contributed by atoms with Gasteiger partial charge >= 0.3 is 0 Å². The Morgan fingerprint density at radius 2 is 1.94 bits per heavy atom. The third-order valence-electron chi connectivity index (χ3n) is 2.86. The molecule has 0 bridgehead atoms. The van der Waals surface area contributed by atoms with Crippen LogP contribution < -0.4 is 5.32 Å². The number of benzene rings is 1. The zero-order valence-corrected chi connectivity index (χ0v) is 10.7. The van der Waals surface area contributed by atoms with Gasteiger partial charge in [0.05, 0.1) is 12.6 Å². The molecule has 0 aliphatic heterocycles. The Bertz CT molecular complexity index is 299. The summed E-state index contributed by atoms with van der Waals surface area (Å²) in [6.45, 7) is 5.40. The molecule has 3 heteroatoms. The van der Waals surface area contributed by atoms with E-state index in [1.165, 1.54) is 0 Å². The number of aliphatic hydroxyl groups is 1. The highest BCUT2D eigenvalue weighted by Gasteiger charge is 2.10. The van der Waals surface area contributed by atoms with Crippen LogP contribution in [0, 0.1) is 5.92 Å². The molecule has 0 fully saturated rings. The van der Waals surface area contributed by atoms with Crippen LogP contribution in [0.5, 0.6) is 0 Å². The van der Waals surface area contributed by atoms with Gasteiger partial charge in [0.2, 0.25) is 0 Å². The first-order valence-corrected chi connectivity index (χ1v) is 6.14. The van der Waals surface area contributed by atoms with Gasteiger partial charge in [-0.2, -0.15) is 0 Å². The lowest BCUT2D eigenvalue weighted by Crippen LogP contribution is -2.28. The number of nitrogens with one attached hydrogen (secondary N) is 1. The number of halogens is 1. The molecule has 1 aromatic carbocycles. The molecule has 0 amide bonds. The summed E-state index contributed by atoms with van der Waals surface area (Å²) in [5.41, 5.74) is 1.08. The van der Waals surface area contributed by atoms with Crippen LogP contribution >= 0.6 is 11.6 Å². The maximum atomic E-state index is 9.34. The van der Waals surface area contributed by atoms with Crippen molar-refractivity contribution in [3.05, 3.63) is 34.9 Å². The van der Waals surface area contributed by atoms with E-state index in [-0.39, 0.29) is 12.6 Å². The summed E-state index contributed by atoms with van der Waals surface area (Å²) < 4.78 is 0. The van der Waals surface area contributed by atoms with Crippen LogP contribution in [-0.4, -0.2) is 18.3 Å². The van der Waals surface area contributed by atoms with E-state index in [2.05, 4.69) is 19.2 Å². The van der Waals surface area contributed by atoms with Gasteiger partial charge in [-0.05, 0) is 30.2 Å². The molecule has 0 aliphatic rings. The minimum atomic E-state index is 0.00580.